The second-order valence-corrected chi connectivity index (χ2v) is 12.5. The van der Waals surface area contributed by atoms with Crippen molar-refractivity contribution in [1.29, 1.82) is 0 Å². The summed E-state index contributed by atoms with van der Waals surface area (Å²) >= 11 is 0. The summed E-state index contributed by atoms with van der Waals surface area (Å²) in [5.74, 6) is 1.77. The second kappa shape index (κ2) is 12.0. The molecule has 0 bridgehead atoms. The van der Waals surface area contributed by atoms with Gasteiger partial charge < -0.3 is 19.4 Å². The van der Waals surface area contributed by atoms with Crippen molar-refractivity contribution in [3.8, 4) is 33.8 Å². The van der Waals surface area contributed by atoms with Gasteiger partial charge in [-0.2, -0.15) is 18.8 Å². The monoisotopic (exact) mass is 706 g/mol. The van der Waals surface area contributed by atoms with Crippen LogP contribution in [0.1, 0.15) is 30.4 Å². The van der Waals surface area contributed by atoms with E-state index in [1.54, 1.807) is 12.7 Å². The predicted octanol–water partition coefficient (Wildman–Crippen LogP) is 10.6. The van der Waals surface area contributed by atoms with E-state index >= 15 is 0 Å². The van der Waals surface area contributed by atoms with E-state index in [-0.39, 0.29) is 25.8 Å². The Balaban J connectivity index is 0.00000392. The van der Waals surface area contributed by atoms with Crippen LogP contribution in [0.3, 0.4) is 0 Å². The number of benzene rings is 5. The van der Waals surface area contributed by atoms with Gasteiger partial charge in [-0.3, -0.25) is 0 Å². The van der Waals surface area contributed by atoms with Gasteiger partial charge in [0.1, 0.15) is 5.82 Å². The van der Waals surface area contributed by atoms with Crippen LogP contribution in [-0.4, -0.2) is 12.0 Å². The number of anilines is 6. The number of hydrogen-bond acceptors (Lipinski definition) is 5. The molecule has 5 aromatic carbocycles. The molecule has 1 aromatic heterocycles. The molecule has 0 unspecified atom stereocenters. The Morgan fingerprint density at radius 2 is 1.38 bits per heavy atom. The third-order valence-corrected chi connectivity index (χ3v) is 8.48. The number of para-hydroxylation sites is 3. The molecule has 2 aliphatic heterocycles. The average molecular weight is 707 g/mol. The zero-order chi connectivity index (χ0) is 33.9. The SMILES string of the molecule is [2H]C([2H])([2H])N1[CH-]N(c2[c-]c(Oc3[c-]c4c(cc3)-c3ccccc3-c3ccccc3N4c3cc(C(C)(C)C)ccn3)ccc2)c2ccccc21.[Pd]. The second-order valence-electron chi connectivity index (χ2n) is 12.5. The molecule has 8 rings (SSSR count). The van der Waals surface area contributed by atoms with Crippen molar-refractivity contribution >= 4 is 34.3 Å². The average Bonchev–Trinajstić information content (AvgIpc) is 3.44. The van der Waals surface area contributed by atoms with Crippen LogP contribution in [0.5, 0.6) is 11.5 Å². The van der Waals surface area contributed by atoms with Crippen molar-refractivity contribution < 1.29 is 29.3 Å². The smallest absolute Gasteiger partial charge is 0.135 e. The van der Waals surface area contributed by atoms with Crippen LogP contribution in [0, 0.1) is 18.8 Å². The standard InChI is InChI=1S/C41H33N4O.Pd/c1-41(2,3)28-22-23-42-40(24-28)45-36-17-8-7-16-34(36)32-14-5-6-15-33(32)35-21-20-31(26-39(35)45)46-30-13-11-12-29(25-30)44-27-43(4)37-18-9-10-19-38(37)44;/h5-24,27H,1-4H3;/q-3;/i4D3;. The summed E-state index contributed by atoms with van der Waals surface area (Å²) in [5.41, 5.74) is 9.26. The number of hydrogen-bond donors (Lipinski definition) is 0. The summed E-state index contributed by atoms with van der Waals surface area (Å²) in [6.45, 7) is 5.86. The molecular formula is C41H33N4OPd-3. The molecule has 0 aliphatic carbocycles. The largest absolute Gasteiger partial charge is 0.509 e. The number of aromatic nitrogens is 1. The first-order valence-corrected chi connectivity index (χ1v) is 15.3. The van der Waals surface area contributed by atoms with Crippen LogP contribution in [0.2, 0.25) is 0 Å². The normalized spacial score (nSPS) is 14.4. The van der Waals surface area contributed by atoms with Crippen molar-refractivity contribution in [1.82, 2.24) is 4.98 Å². The van der Waals surface area contributed by atoms with Crippen LogP contribution in [0.4, 0.5) is 34.3 Å². The Hall–Kier alpha value is -4.89. The van der Waals surface area contributed by atoms with Crippen molar-refractivity contribution in [2.24, 2.45) is 0 Å². The molecule has 0 amide bonds. The fourth-order valence-electron chi connectivity index (χ4n) is 6.19. The minimum absolute atomic E-state index is 0. The number of ether oxygens (including phenoxy) is 1. The van der Waals surface area contributed by atoms with E-state index in [9.17, 15) is 0 Å². The van der Waals surface area contributed by atoms with Crippen LogP contribution in [-0.2, 0) is 25.8 Å². The molecule has 3 heterocycles. The number of nitrogens with zero attached hydrogens (tertiary/aromatic N) is 4. The molecule has 2 aliphatic rings. The maximum Gasteiger partial charge on any atom is 0.135 e. The fraction of sp³-hybridized carbons (Fsp3) is 0.122. The minimum Gasteiger partial charge on any atom is -0.509 e. The van der Waals surface area contributed by atoms with Gasteiger partial charge in [0.15, 0.2) is 0 Å². The summed E-state index contributed by atoms with van der Waals surface area (Å²) in [4.78, 5) is 10.2. The molecule has 236 valence electrons. The number of rotatable bonds is 4. The molecule has 6 aromatic rings. The maximum absolute atomic E-state index is 8.06. The van der Waals surface area contributed by atoms with Gasteiger partial charge in [-0.25, -0.2) is 4.98 Å². The predicted molar refractivity (Wildman–Crippen MR) is 188 cm³/mol. The van der Waals surface area contributed by atoms with E-state index in [4.69, 9.17) is 13.8 Å². The van der Waals surface area contributed by atoms with Crippen LogP contribution in [0.25, 0.3) is 22.3 Å². The molecule has 0 fully saturated rings. The van der Waals surface area contributed by atoms with Gasteiger partial charge in [0, 0.05) is 59.2 Å². The van der Waals surface area contributed by atoms with Gasteiger partial charge in [0.25, 0.3) is 0 Å². The molecule has 0 spiro atoms. The van der Waals surface area contributed by atoms with E-state index in [0.29, 0.717) is 22.9 Å². The van der Waals surface area contributed by atoms with E-state index in [2.05, 4.69) is 105 Å². The molecule has 0 saturated carbocycles. The van der Waals surface area contributed by atoms with Crippen LogP contribution < -0.4 is 19.4 Å². The quantitative estimate of drug-likeness (QED) is 0.134. The molecular weight excluding hydrogens is 671 g/mol. The molecule has 6 heteroatoms. The van der Waals surface area contributed by atoms with E-state index < -0.39 is 6.98 Å². The zero-order valence-corrected chi connectivity index (χ0v) is 27.7. The third-order valence-electron chi connectivity index (χ3n) is 8.48. The van der Waals surface area contributed by atoms with Crippen molar-refractivity contribution in [2.45, 2.75) is 26.2 Å². The topological polar surface area (TPSA) is 31.8 Å². The Bertz CT molecular complexity index is 2210. The first-order valence-electron chi connectivity index (χ1n) is 16.8. The van der Waals surface area contributed by atoms with E-state index in [0.717, 1.165) is 45.1 Å². The maximum atomic E-state index is 8.06. The summed E-state index contributed by atoms with van der Waals surface area (Å²) in [7, 11) is 0. The van der Waals surface area contributed by atoms with Gasteiger partial charge in [-0.1, -0.05) is 86.6 Å². The zero-order valence-electron chi connectivity index (χ0n) is 29.1. The Labute approximate surface area is 295 Å². The molecule has 0 saturated heterocycles. The number of pyridine rings is 1. The van der Waals surface area contributed by atoms with Gasteiger partial charge >= 0.3 is 0 Å². The molecule has 0 radical (unpaired) electrons. The molecule has 47 heavy (non-hydrogen) atoms. The van der Waals surface area contributed by atoms with Crippen molar-refractivity contribution in [2.75, 3.05) is 21.7 Å². The van der Waals surface area contributed by atoms with E-state index in [1.807, 2.05) is 53.6 Å². The van der Waals surface area contributed by atoms with Crippen molar-refractivity contribution in [3.63, 3.8) is 0 Å². The van der Waals surface area contributed by atoms with Gasteiger partial charge in [0.05, 0.1) is 5.69 Å². The summed E-state index contributed by atoms with van der Waals surface area (Å²) in [6, 6.07) is 45.0. The van der Waals surface area contributed by atoms with Crippen LogP contribution in [0.15, 0.2) is 121 Å². The Morgan fingerprint density at radius 1 is 0.702 bits per heavy atom. The molecule has 0 atom stereocenters. The van der Waals surface area contributed by atoms with Gasteiger partial charge in [-0.05, 0) is 53.8 Å². The first kappa shape index (κ1) is 27.2. The summed E-state index contributed by atoms with van der Waals surface area (Å²) < 4.78 is 30.7. The van der Waals surface area contributed by atoms with Crippen molar-refractivity contribution in [3.05, 3.63) is 146 Å². The Morgan fingerprint density at radius 3 is 2.15 bits per heavy atom. The van der Waals surface area contributed by atoms with Gasteiger partial charge in [-0.15, -0.1) is 41.6 Å². The minimum atomic E-state index is -2.33. The summed E-state index contributed by atoms with van der Waals surface area (Å²) in [6.07, 6.45) is 1.87. The van der Waals surface area contributed by atoms with Crippen LogP contribution >= 0.6 is 0 Å². The fourth-order valence-corrected chi connectivity index (χ4v) is 6.19. The van der Waals surface area contributed by atoms with E-state index in [1.165, 1.54) is 10.5 Å². The summed E-state index contributed by atoms with van der Waals surface area (Å²) in [5, 5.41) is 0. The molecule has 5 nitrogen and oxygen atoms in total. The first-order chi connectivity index (χ1) is 23.6. The third kappa shape index (κ3) is 5.48. The number of fused-ring (bicyclic) bond motifs is 6. The molecule has 0 N–H and O–H groups in total. The van der Waals surface area contributed by atoms with Gasteiger partial charge in [0.2, 0.25) is 0 Å². The Kier molecular flexibility index (Phi) is 6.98.